The molecule has 0 atom stereocenters. The van der Waals surface area contributed by atoms with Crippen LogP contribution >= 0.6 is 0 Å². The van der Waals surface area contributed by atoms with E-state index < -0.39 is 20.7 Å². The number of carbonyl (C=O) groups is 1. The molecule has 5 nitrogen and oxygen atoms in total. The van der Waals surface area contributed by atoms with E-state index in [1.54, 1.807) is 34.6 Å². The van der Waals surface area contributed by atoms with Gasteiger partial charge in [-0.15, -0.1) is 0 Å². The summed E-state index contributed by atoms with van der Waals surface area (Å²) in [6.07, 6.45) is -0.173. The van der Waals surface area contributed by atoms with Gasteiger partial charge < -0.3 is 5.11 Å². The van der Waals surface area contributed by atoms with Gasteiger partial charge >= 0.3 is 5.97 Å². The summed E-state index contributed by atoms with van der Waals surface area (Å²) in [5.41, 5.74) is 0. The van der Waals surface area contributed by atoms with Gasteiger partial charge in [0.25, 0.3) is 0 Å². The third-order valence-electron chi connectivity index (χ3n) is 2.20. The highest BCUT2D eigenvalue weighted by Gasteiger charge is 2.36. The second kappa shape index (κ2) is 5.14. The minimum atomic E-state index is -3.46. The van der Waals surface area contributed by atoms with Gasteiger partial charge in [-0.3, -0.25) is 4.79 Å². The average molecular weight is 251 g/mol. The molecule has 96 valence electrons. The van der Waals surface area contributed by atoms with Gasteiger partial charge in [-0.2, -0.15) is 4.31 Å². The van der Waals surface area contributed by atoms with Crippen LogP contribution in [0.3, 0.4) is 0 Å². The number of nitrogens with zero attached hydrogens (tertiary/aromatic N) is 1. The second-order valence-corrected chi connectivity index (χ2v) is 7.61. The van der Waals surface area contributed by atoms with Crippen molar-refractivity contribution in [1.29, 1.82) is 0 Å². The molecule has 0 unspecified atom stereocenters. The molecule has 16 heavy (non-hydrogen) atoms. The molecule has 0 aromatic rings. The first-order valence-electron chi connectivity index (χ1n) is 5.23. The maximum absolute atomic E-state index is 12.1. The Morgan fingerprint density at radius 3 is 2.00 bits per heavy atom. The van der Waals surface area contributed by atoms with Gasteiger partial charge in [0.1, 0.15) is 0 Å². The Kier molecular flexibility index (Phi) is 4.94. The summed E-state index contributed by atoms with van der Waals surface area (Å²) in [5.74, 6) is -0.991. The van der Waals surface area contributed by atoms with Crippen LogP contribution in [0.25, 0.3) is 0 Å². The Morgan fingerprint density at radius 2 is 1.75 bits per heavy atom. The lowest BCUT2D eigenvalue weighted by Gasteiger charge is -2.32. The molecular weight excluding hydrogens is 230 g/mol. The maximum Gasteiger partial charge on any atom is 0.304 e. The smallest absolute Gasteiger partial charge is 0.304 e. The zero-order chi connectivity index (χ0) is 13.1. The number of carboxylic acid groups (broad SMARTS) is 1. The fourth-order valence-corrected chi connectivity index (χ4v) is 2.80. The van der Waals surface area contributed by atoms with Crippen LogP contribution in [0.15, 0.2) is 0 Å². The fourth-order valence-electron chi connectivity index (χ4n) is 1.21. The minimum Gasteiger partial charge on any atom is -0.481 e. The van der Waals surface area contributed by atoms with Crippen molar-refractivity contribution in [3.8, 4) is 0 Å². The van der Waals surface area contributed by atoms with E-state index in [-0.39, 0.29) is 19.0 Å². The number of aliphatic carboxylic acids is 1. The SMILES string of the molecule is CC(C)N(CCC(=O)O)S(=O)(=O)C(C)(C)C. The number of carboxylic acids is 1. The van der Waals surface area contributed by atoms with E-state index in [0.29, 0.717) is 0 Å². The van der Waals surface area contributed by atoms with Gasteiger partial charge in [-0.25, -0.2) is 8.42 Å². The van der Waals surface area contributed by atoms with E-state index in [1.807, 2.05) is 0 Å². The Labute approximate surface area is 97.5 Å². The molecule has 0 spiro atoms. The van der Waals surface area contributed by atoms with Gasteiger partial charge in [0, 0.05) is 12.6 Å². The van der Waals surface area contributed by atoms with Crippen molar-refractivity contribution in [2.24, 2.45) is 0 Å². The molecule has 0 aromatic heterocycles. The summed E-state index contributed by atoms with van der Waals surface area (Å²) in [7, 11) is -3.46. The fraction of sp³-hybridized carbons (Fsp3) is 0.900. The molecule has 0 amide bonds. The van der Waals surface area contributed by atoms with E-state index >= 15 is 0 Å². The van der Waals surface area contributed by atoms with Crippen LogP contribution < -0.4 is 0 Å². The molecule has 0 saturated carbocycles. The van der Waals surface area contributed by atoms with Gasteiger partial charge in [-0.05, 0) is 34.6 Å². The molecule has 0 radical (unpaired) electrons. The lowest BCUT2D eigenvalue weighted by molar-refractivity contribution is -0.137. The van der Waals surface area contributed by atoms with Gasteiger partial charge in [0.2, 0.25) is 10.0 Å². The molecular formula is C10H21NO4S. The van der Waals surface area contributed by atoms with E-state index in [1.165, 1.54) is 4.31 Å². The first-order valence-corrected chi connectivity index (χ1v) is 6.67. The number of rotatable bonds is 5. The normalized spacial score (nSPS) is 13.4. The number of sulfonamides is 1. The lowest BCUT2D eigenvalue weighted by atomic mass is 10.3. The molecule has 6 heteroatoms. The largest absolute Gasteiger partial charge is 0.481 e. The molecule has 1 N–H and O–H groups in total. The highest BCUT2D eigenvalue weighted by molar-refractivity contribution is 7.90. The van der Waals surface area contributed by atoms with Crippen LogP contribution in [0.5, 0.6) is 0 Å². The van der Waals surface area contributed by atoms with Crippen LogP contribution in [-0.4, -0.2) is 41.1 Å². The molecule has 0 aromatic carbocycles. The van der Waals surface area contributed by atoms with E-state index in [9.17, 15) is 13.2 Å². The van der Waals surface area contributed by atoms with Gasteiger partial charge in [0.05, 0.1) is 11.2 Å². The first-order chi connectivity index (χ1) is 7.00. The third kappa shape index (κ3) is 3.75. The first kappa shape index (κ1) is 15.4. The molecule has 0 saturated heterocycles. The minimum absolute atomic E-state index is 0.0204. The summed E-state index contributed by atoms with van der Waals surface area (Å²) in [6.45, 7) is 8.33. The van der Waals surface area contributed by atoms with Crippen molar-refractivity contribution >= 4 is 16.0 Å². The monoisotopic (exact) mass is 251 g/mol. The topological polar surface area (TPSA) is 74.7 Å². The standard InChI is InChI=1S/C10H21NO4S/c1-8(2)11(7-6-9(12)13)16(14,15)10(3,4)5/h8H,6-7H2,1-5H3,(H,12,13). The Morgan fingerprint density at radius 1 is 1.31 bits per heavy atom. The number of hydrogen-bond acceptors (Lipinski definition) is 3. The summed E-state index contributed by atoms with van der Waals surface area (Å²) in [4.78, 5) is 10.5. The zero-order valence-corrected chi connectivity index (χ0v) is 11.3. The van der Waals surface area contributed by atoms with Crippen LogP contribution in [0, 0.1) is 0 Å². The molecule has 0 rings (SSSR count). The summed E-state index contributed by atoms with van der Waals surface area (Å²) >= 11 is 0. The molecule has 0 aliphatic heterocycles. The Hall–Kier alpha value is -0.620. The summed E-state index contributed by atoms with van der Waals surface area (Å²) in [6, 6.07) is -0.233. The van der Waals surface area contributed by atoms with Crippen molar-refractivity contribution in [2.45, 2.75) is 51.8 Å². The zero-order valence-electron chi connectivity index (χ0n) is 10.5. The summed E-state index contributed by atoms with van der Waals surface area (Å²) < 4.78 is 24.6. The Bertz CT molecular complexity index is 340. The molecule has 0 bridgehead atoms. The van der Waals surface area contributed by atoms with E-state index in [4.69, 9.17) is 5.11 Å². The third-order valence-corrected chi connectivity index (χ3v) is 4.97. The van der Waals surface area contributed by atoms with E-state index in [0.717, 1.165) is 0 Å². The van der Waals surface area contributed by atoms with Crippen molar-refractivity contribution in [3.63, 3.8) is 0 Å². The summed E-state index contributed by atoms with van der Waals surface area (Å²) in [5, 5.41) is 8.59. The quantitative estimate of drug-likeness (QED) is 0.799. The number of hydrogen-bond donors (Lipinski definition) is 1. The predicted molar refractivity (Wildman–Crippen MR) is 62.8 cm³/mol. The van der Waals surface area contributed by atoms with Crippen molar-refractivity contribution in [2.75, 3.05) is 6.54 Å². The second-order valence-electron chi connectivity index (χ2n) is 4.97. The van der Waals surface area contributed by atoms with Gasteiger partial charge in [0.15, 0.2) is 0 Å². The van der Waals surface area contributed by atoms with Crippen LogP contribution in [0.2, 0.25) is 0 Å². The van der Waals surface area contributed by atoms with Crippen LogP contribution in [0.1, 0.15) is 41.0 Å². The maximum atomic E-state index is 12.1. The highest BCUT2D eigenvalue weighted by Crippen LogP contribution is 2.22. The lowest BCUT2D eigenvalue weighted by Crippen LogP contribution is -2.47. The highest BCUT2D eigenvalue weighted by atomic mass is 32.2. The molecule has 0 aliphatic rings. The van der Waals surface area contributed by atoms with Crippen LogP contribution in [-0.2, 0) is 14.8 Å². The predicted octanol–water partition coefficient (Wildman–Crippen LogP) is 1.30. The average Bonchev–Trinajstić information content (AvgIpc) is 1.99. The van der Waals surface area contributed by atoms with Crippen molar-refractivity contribution < 1.29 is 18.3 Å². The molecule has 0 fully saturated rings. The molecule has 0 aliphatic carbocycles. The van der Waals surface area contributed by atoms with Crippen molar-refractivity contribution in [3.05, 3.63) is 0 Å². The van der Waals surface area contributed by atoms with Gasteiger partial charge in [-0.1, -0.05) is 0 Å². The van der Waals surface area contributed by atoms with Crippen LogP contribution in [0.4, 0.5) is 0 Å². The Balaban J connectivity index is 5.01. The van der Waals surface area contributed by atoms with E-state index in [2.05, 4.69) is 0 Å². The van der Waals surface area contributed by atoms with Crippen molar-refractivity contribution in [1.82, 2.24) is 4.31 Å². The molecule has 0 heterocycles.